The predicted octanol–water partition coefficient (Wildman–Crippen LogP) is 2.53. The summed E-state index contributed by atoms with van der Waals surface area (Å²) in [5, 5.41) is 9.79. The van der Waals surface area contributed by atoms with Crippen molar-refractivity contribution in [1.82, 2.24) is 4.90 Å². The molecule has 0 bridgehead atoms. The number of halogens is 2. The molecule has 0 unspecified atom stereocenters. The van der Waals surface area contributed by atoms with Crippen molar-refractivity contribution in [2.45, 2.75) is 18.9 Å². The van der Waals surface area contributed by atoms with Gasteiger partial charge in [0.2, 0.25) is 0 Å². The first kappa shape index (κ1) is 12.4. The van der Waals surface area contributed by atoms with Crippen LogP contribution in [-0.4, -0.2) is 33.8 Å². The number of benzene rings is 1. The zero-order chi connectivity index (χ0) is 12.4. The van der Waals surface area contributed by atoms with Gasteiger partial charge in [0.15, 0.2) is 0 Å². The lowest BCUT2D eigenvalue weighted by atomic mass is 10.1. The molecule has 1 fully saturated rings. The van der Waals surface area contributed by atoms with Gasteiger partial charge in [-0.15, -0.1) is 0 Å². The monoisotopic (exact) mass is 301 g/mol. The lowest BCUT2D eigenvalue weighted by Gasteiger charge is -2.21. The lowest BCUT2D eigenvalue weighted by Crippen LogP contribution is -2.35. The highest BCUT2D eigenvalue weighted by atomic mass is 79.9. The molecule has 1 N–H and O–H groups in total. The predicted molar refractivity (Wildman–Crippen MR) is 65.9 cm³/mol. The van der Waals surface area contributed by atoms with Gasteiger partial charge in [0, 0.05) is 24.0 Å². The minimum atomic E-state index is -0.671. The van der Waals surface area contributed by atoms with E-state index in [4.69, 9.17) is 5.11 Å². The number of hydrogen-bond donors (Lipinski definition) is 1. The van der Waals surface area contributed by atoms with Crippen LogP contribution in [0.2, 0.25) is 0 Å². The number of carbonyl (C=O) groups is 1. The number of carbonyl (C=O) groups excluding carboxylic acids is 1. The normalized spacial score (nSPS) is 14.7. The van der Waals surface area contributed by atoms with Gasteiger partial charge in [-0.3, -0.25) is 4.79 Å². The maximum absolute atomic E-state index is 13.6. The van der Waals surface area contributed by atoms with Gasteiger partial charge in [-0.25, -0.2) is 4.39 Å². The molecule has 1 amide bonds. The van der Waals surface area contributed by atoms with Crippen LogP contribution in [0.25, 0.3) is 0 Å². The molecule has 3 nitrogen and oxygen atoms in total. The van der Waals surface area contributed by atoms with E-state index < -0.39 is 5.82 Å². The van der Waals surface area contributed by atoms with Crippen LogP contribution >= 0.6 is 15.9 Å². The zero-order valence-corrected chi connectivity index (χ0v) is 10.8. The second kappa shape index (κ2) is 5.04. The Balaban J connectivity index is 2.22. The fraction of sp³-hybridized carbons (Fsp3) is 0.417. The van der Waals surface area contributed by atoms with Crippen molar-refractivity contribution in [2.75, 3.05) is 11.9 Å². The van der Waals surface area contributed by atoms with Crippen LogP contribution in [0.1, 0.15) is 23.2 Å². The van der Waals surface area contributed by atoms with Crippen LogP contribution in [0, 0.1) is 5.82 Å². The Bertz CT molecular complexity index is 435. The van der Waals surface area contributed by atoms with Crippen LogP contribution in [0.5, 0.6) is 5.75 Å². The average Bonchev–Trinajstić information content (AvgIpc) is 3.09. The maximum atomic E-state index is 13.6. The van der Waals surface area contributed by atoms with Gasteiger partial charge < -0.3 is 10.0 Å². The Hall–Kier alpha value is -1.10. The molecule has 1 aromatic rings. The Morgan fingerprint density at radius 2 is 2.24 bits per heavy atom. The molecule has 0 radical (unpaired) electrons. The van der Waals surface area contributed by atoms with Crippen molar-refractivity contribution in [3.8, 4) is 5.75 Å². The van der Waals surface area contributed by atoms with E-state index >= 15 is 0 Å². The van der Waals surface area contributed by atoms with Gasteiger partial charge in [0.25, 0.3) is 5.91 Å². The number of aromatic hydroxyl groups is 1. The number of hydrogen-bond acceptors (Lipinski definition) is 2. The second-order valence-electron chi connectivity index (χ2n) is 4.08. The second-order valence-corrected chi connectivity index (χ2v) is 4.88. The van der Waals surface area contributed by atoms with Crippen molar-refractivity contribution in [3.63, 3.8) is 0 Å². The molecule has 0 spiro atoms. The molecule has 1 aliphatic carbocycles. The fourth-order valence-electron chi connectivity index (χ4n) is 1.76. The third-order valence-electron chi connectivity index (χ3n) is 2.76. The first-order valence-corrected chi connectivity index (χ1v) is 6.61. The summed E-state index contributed by atoms with van der Waals surface area (Å²) in [6.45, 7) is 0.573. The molecule has 1 aromatic carbocycles. The first-order chi connectivity index (χ1) is 8.13. The smallest absolute Gasteiger partial charge is 0.257 e. The molecular formula is C12H13BrFNO2. The molecule has 92 valence electrons. The third kappa shape index (κ3) is 2.77. The van der Waals surface area contributed by atoms with E-state index in [1.807, 2.05) is 0 Å². The molecule has 0 saturated heterocycles. The van der Waals surface area contributed by atoms with E-state index in [9.17, 15) is 9.18 Å². The van der Waals surface area contributed by atoms with Gasteiger partial charge in [0.1, 0.15) is 11.6 Å². The van der Waals surface area contributed by atoms with Gasteiger partial charge in [-0.1, -0.05) is 15.9 Å². The topological polar surface area (TPSA) is 40.5 Å². The third-order valence-corrected chi connectivity index (χ3v) is 3.11. The van der Waals surface area contributed by atoms with Gasteiger partial charge in [0.05, 0.1) is 5.56 Å². The molecule has 0 aliphatic heterocycles. The van der Waals surface area contributed by atoms with E-state index in [-0.39, 0.29) is 23.3 Å². The fourth-order valence-corrected chi connectivity index (χ4v) is 2.14. The molecule has 1 saturated carbocycles. The number of nitrogens with zero attached hydrogens (tertiary/aromatic N) is 1. The Labute approximate surface area is 107 Å². The van der Waals surface area contributed by atoms with Gasteiger partial charge in [-0.2, -0.15) is 0 Å². The zero-order valence-electron chi connectivity index (χ0n) is 9.20. The van der Waals surface area contributed by atoms with Crippen LogP contribution < -0.4 is 0 Å². The summed E-state index contributed by atoms with van der Waals surface area (Å²) in [5.41, 5.74) is 0.0238. The average molecular weight is 302 g/mol. The summed E-state index contributed by atoms with van der Waals surface area (Å²) in [6, 6.07) is 3.87. The largest absolute Gasteiger partial charge is 0.508 e. The summed E-state index contributed by atoms with van der Waals surface area (Å²) in [6.07, 6.45) is 1.97. The van der Waals surface area contributed by atoms with Crippen molar-refractivity contribution in [2.24, 2.45) is 0 Å². The van der Waals surface area contributed by atoms with Crippen molar-refractivity contribution in [3.05, 3.63) is 29.6 Å². The van der Waals surface area contributed by atoms with E-state index in [0.29, 0.717) is 11.9 Å². The molecule has 0 heterocycles. The standard InChI is InChI=1S/C12H13BrFNO2/c13-5-6-15(8-1-2-8)12(17)10-4-3-9(16)7-11(10)14/h3-4,7-8,16H,1-2,5-6H2. The molecule has 1 aliphatic rings. The summed E-state index contributed by atoms with van der Waals surface area (Å²) in [4.78, 5) is 13.8. The number of phenolic OH excluding ortho intramolecular Hbond substituents is 1. The Morgan fingerprint density at radius 1 is 1.53 bits per heavy atom. The highest BCUT2D eigenvalue weighted by Crippen LogP contribution is 2.29. The number of amides is 1. The minimum Gasteiger partial charge on any atom is -0.508 e. The molecule has 0 aromatic heterocycles. The Morgan fingerprint density at radius 3 is 2.76 bits per heavy atom. The van der Waals surface area contributed by atoms with Crippen molar-refractivity contribution >= 4 is 21.8 Å². The van der Waals surface area contributed by atoms with Crippen LogP contribution in [-0.2, 0) is 0 Å². The van der Waals surface area contributed by atoms with Crippen LogP contribution in [0.4, 0.5) is 4.39 Å². The number of phenols is 1. The molecule has 0 atom stereocenters. The quantitative estimate of drug-likeness (QED) is 0.868. The first-order valence-electron chi connectivity index (χ1n) is 5.49. The summed E-state index contributed by atoms with van der Waals surface area (Å²) < 4.78 is 13.6. The molecule has 5 heteroatoms. The SMILES string of the molecule is O=C(c1ccc(O)cc1F)N(CCBr)C1CC1. The lowest BCUT2D eigenvalue weighted by molar-refractivity contribution is 0.0750. The van der Waals surface area contributed by atoms with Crippen molar-refractivity contribution < 1.29 is 14.3 Å². The van der Waals surface area contributed by atoms with Gasteiger partial charge in [-0.05, 0) is 25.0 Å². The Kier molecular flexibility index (Phi) is 3.66. The summed E-state index contributed by atoms with van der Waals surface area (Å²) >= 11 is 3.29. The van der Waals surface area contributed by atoms with Gasteiger partial charge >= 0.3 is 0 Å². The van der Waals surface area contributed by atoms with Crippen LogP contribution in [0.15, 0.2) is 18.2 Å². The van der Waals surface area contributed by atoms with E-state index in [1.54, 1.807) is 4.90 Å². The maximum Gasteiger partial charge on any atom is 0.257 e. The van der Waals surface area contributed by atoms with E-state index in [2.05, 4.69) is 15.9 Å². The molecular weight excluding hydrogens is 289 g/mol. The van der Waals surface area contributed by atoms with E-state index in [1.165, 1.54) is 12.1 Å². The summed E-state index contributed by atoms with van der Waals surface area (Å²) in [7, 11) is 0. The number of alkyl halides is 1. The summed E-state index contributed by atoms with van der Waals surface area (Å²) in [5.74, 6) is -1.14. The highest BCUT2D eigenvalue weighted by Gasteiger charge is 2.33. The number of rotatable bonds is 4. The van der Waals surface area contributed by atoms with E-state index in [0.717, 1.165) is 18.9 Å². The molecule has 2 rings (SSSR count). The van der Waals surface area contributed by atoms with Crippen molar-refractivity contribution in [1.29, 1.82) is 0 Å². The molecule has 17 heavy (non-hydrogen) atoms. The highest BCUT2D eigenvalue weighted by molar-refractivity contribution is 9.09. The van der Waals surface area contributed by atoms with Crippen LogP contribution in [0.3, 0.4) is 0 Å². The minimum absolute atomic E-state index is 0.0238.